The Morgan fingerprint density at radius 3 is 2.65 bits per heavy atom. The van der Waals surface area contributed by atoms with E-state index in [0.29, 0.717) is 24.2 Å². The minimum atomic E-state index is -0.603. The number of likely N-dealkylation sites (tertiary alicyclic amines) is 1. The van der Waals surface area contributed by atoms with Gasteiger partial charge in [-0.3, -0.25) is 9.69 Å². The fourth-order valence-electron chi connectivity index (χ4n) is 2.56. The number of benzene rings is 1. The van der Waals surface area contributed by atoms with Gasteiger partial charge >= 0.3 is 6.09 Å². The van der Waals surface area contributed by atoms with Crippen molar-refractivity contribution in [3.05, 3.63) is 29.6 Å². The summed E-state index contributed by atoms with van der Waals surface area (Å²) in [5, 5.41) is 2.77. The van der Waals surface area contributed by atoms with Crippen LogP contribution in [0.1, 0.15) is 39.2 Å². The highest BCUT2D eigenvalue weighted by Gasteiger charge is 2.36. The first kappa shape index (κ1) is 17.2. The van der Waals surface area contributed by atoms with Crippen molar-refractivity contribution < 1.29 is 18.7 Å². The molecule has 6 heteroatoms. The number of nitrogens with one attached hydrogen (secondary N) is 1. The van der Waals surface area contributed by atoms with Gasteiger partial charge in [0.05, 0.1) is 0 Å². The molecule has 0 saturated carbocycles. The molecule has 1 fully saturated rings. The number of carbonyl (C=O) groups is 2. The Morgan fingerprint density at radius 1 is 1.35 bits per heavy atom. The Hall–Kier alpha value is -2.11. The third kappa shape index (κ3) is 4.43. The van der Waals surface area contributed by atoms with E-state index in [9.17, 15) is 14.0 Å². The van der Waals surface area contributed by atoms with Crippen LogP contribution in [-0.2, 0) is 9.53 Å². The molecule has 1 atom stereocenters. The summed E-state index contributed by atoms with van der Waals surface area (Å²) < 4.78 is 18.5. The van der Waals surface area contributed by atoms with E-state index in [-0.39, 0.29) is 11.7 Å². The van der Waals surface area contributed by atoms with Gasteiger partial charge in [-0.15, -0.1) is 0 Å². The molecule has 0 spiro atoms. The number of amides is 2. The van der Waals surface area contributed by atoms with Gasteiger partial charge in [-0.05, 0) is 64.3 Å². The molecule has 1 aromatic carbocycles. The Kier molecular flexibility index (Phi) is 4.92. The number of hydrogen-bond acceptors (Lipinski definition) is 3. The summed E-state index contributed by atoms with van der Waals surface area (Å²) in [7, 11) is 0. The number of anilines is 1. The minimum Gasteiger partial charge on any atom is -0.444 e. The summed E-state index contributed by atoms with van der Waals surface area (Å²) in [6, 6.07) is 3.61. The summed E-state index contributed by atoms with van der Waals surface area (Å²) in [6.45, 7) is 7.59. The lowest BCUT2D eigenvalue weighted by molar-refractivity contribution is -0.120. The van der Waals surface area contributed by atoms with Gasteiger partial charge in [0.2, 0.25) is 5.91 Å². The van der Waals surface area contributed by atoms with E-state index >= 15 is 0 Å². The van der Waals surface area contributed by atoms with E-state index in [4.69, 9.17) is 4.74 Å². The zero-order valence-corrected chi connectivity index (χ0v) is 14.0. The third-order valence-electron chi connectivity index (χ3n) is 3.63. The van der Waals surface area contributed by atoms with Gasteiger partial charge in [0.15, 0.2) is 0 Å². The average Bonchev–Trinajstić information content (AvgIpc) is 2.89. The maximum atomic E-state index is 13.1. The number of rotatable bonds is 2. The highest BCUT2D eigenvalue weighted by molar-refractivity contribution is 5.97. The van der Waals surface area contributed by atoms with E-state index in [0.717, 1.165) is 6.42 Å². The fraction of sp³-hybridized carbons (Fsp3) is 0.529. The van der Waals surface area contributed by atoms with Crippen LogP contribution in [0.5, 0.6) is 0 Å². The van der Waals surface area contributed by atoms with Gasteiger partial charge in [-0.2, -0.15) is 0 Å². The van der Waals surface area contributed by atoms with Gasteiger partial charge in [0.25, 0.3) is 0 Å². The smallest absolute Gasteiger partial charge is 0.410 e. The standard InChI is InChI=1S/C17H23FN2O3/c1-11-10-12(18)7-8-13(11)19-15(21)14-6-5-9-20(14)16(22)23-17(2,3)4/h7-8,10,14H,5-6,9H2,1-4H3,(H,19,21)/t14-/m1/s1. The van der Waals surface area contributed by atoms with Gasteiger partial charge in [0.1, 0.15) is 17.5 Å². The Balaban J connectivity index is 2.07. The Labute approximate surface area is 135 Å². The first-order valence-electron chi connectivity index (χ1n) is 7.74. The second-order valence-corrected chi connectivity index (χ2v) is 6.78. The molecule has 126 valence electrons. The summed E-state index contributed by atoms with van der Waals surface area (Å²) in [4.78, 5) is 26.1. The van der Waals surface area contributed by atoms with Crippen molar-refractivity contribution in [3.63, 3.8) is 0 Å². The third-order valence-corrected chi connectivity index (χ3v) is 3.63. The van der Waals surface area contributed by atoms with E-state index in [1.54, 1.807) is 27.7 Å². The van der Waals surface area contributed by atoms with Crippen molar-refractivity contribution in [2.24, 2.45) is 0 Å². The van der Waals surface area contributed by atoms with E-state index < -0.39 is 17.7 Å². The minimum absolute atomic E-state index is 0.275. The van der Waals surface area contributed by atoms with Crippen LogP contribution in [0.2, 0.25) is 0 Å². The first-order chi connectivity index (χ1) is 10.7. The van der Waals surface area contributed by atoms with Crippen molar-refractivity contribution in [2.45, 2.75) is 52.2 Å². The normalized spacial score (nSPS) is 18.0. The number of carbonyl (C=O) groups excluding carboxylic acids is 2. The van der Waals surface area contributed by atoms with Crippen LogP contribution in [0.15, 0.2) is 18.2 Å². The number of hydrogen-bond donors (Lipinski definition) is 1. The lowest BCUT2D eigenvalue weighted by Gasteiger charge is -2.28. The quantitative estimate of drug-likeness (QED) is 0.907. The lowest BCUT2D eigenvalue weighted by Crippen LogP contribution is -2.45. The summed E-state index contributed by atoms with van der Waals surface area (Å²) in [6.07, 6.45) is 0.858. The highest BCUT2D eigenvalue weighted by atomic mass is 19.1. The molecule has 23 heavy (non-hydrogen) atoms. The highest BCUT2D eigenvalue weighted by Crippen LogP contribution is 2.23. The van der Waals surface area contributed by atoms with E-state index in [1.807, 2.05) is 0 Å². The molecule has 2 rings (SSSR count). The lowest BCUT2D eigenvalue weighted by atomic mass is 10.1. The van der Waals surface area contributed by atoms with Crippen LogP contribution >= 0.6 is 0 Å². The van der Waals surface area contributed by atoms with Crippen LogP contribution in [0, 0.1) is 12.7 Å². The monoisotopic (exact) mass is 322 g/mol. The Bertz CT molecular complexity index is 610. The number of nitrogens with zero attached hydrogens (tertiary/aromatic N) is 1. The van der Waals surface area contributed by atoms with Crippen LogP contribution < -0.4 is 5.32 Å². The second-order valence-electron chi connectivity index (χ2n) is 6.78. The van der Waals surface area contributed by atoms with Crippen molar-refractivity contribution >= 4 is 17.7 Å². The first-order valence-corrected chi connectivity index (χ1v) is 7.74. The predicted octanol–water partition coefficient (Wildman–Crippen LogP) is 3.47. The van der Waals surface area contributed by atoms with Gasteiger partial charge in [0, 0.05) is 12.2 Å². The van der Waals surface area contributed by atoms with Crippen molar-refractivity contribution in [3.8, 4) is 0 Å². The molecule has 1 aromatic rings. The van der Waals surface area contributed by atoms with Crippen LogP contribution in [0.4, 0.5) is 14.9 Å². The number of aryl methyl sites for hydroxylation is 1. The van der Waals surface area contributed by atoms with E-state index in [1.165, 1.54) is 23.1 Å². The van der Waals surface area contributed by atoms with Gasteiger partial charge in [-0.1, -0.05) is 0 Å². The van der Waals surface area contributed by atoms with Crippen LogP contribution in [0.25, 0.3) is 0 Å². The van der Waals surface area contributed by atoms with Crippen molar-refractivity contribution in [1.82, 2.24) is 4.90 Å². The second kappa shape index (κ2) is 6.56. The molecule has 1 aliphatic rings. The summed E-state index contributed by atoms with van der Waals surface area (Å²) in [5.74, 6) is -0.625. The molecular formula is C17H23FN2O3. The van der Waals surface area contributed by atoms with Crippen LogP contribution in [-0.4, -0.2) is 35.1 Å². The van der Waals surface area contributed by atoms with Gasteiger partial charge < -0.3 is 10.1 Å². The molecule has 1 heterocycles. The maximum absolute atomic E-state index is 13.1. The average molecular weight is 322 g/mol. The van der Waals surface area contributed by atoms with E-state index in [2.05, 4.69) is 5.32 Å². The maximum Gasteiger partial charge on any atom is 0.410 e. The topological polar surface area (TPSA) is 58.6 Å². The summed E-state index contributed by atoms with van der Waals surface area (Å²) in [5.41, 5.74) is 0.585. The zero-order valence-electron chi connectivity index (χ0n) is 14.0. The SMILES string of the molecule is Cc1cc(F)ccc1NC(=O)[C@H]1CCCN1C(=O)OC(C)(C)C. The molecule has 1 saturated heterocycles. The molecule has 0 aromatic heterocycles. The molecule has 0 radical (unpaired) electrons. The fourth-order valence-corrected chi connectivity index (χ4v) is 2.56. The number of ether oxygens (including phenoxy) is 1. The molecule has 1 N–H and O–H groups in total. The molecule has 5 nitrogen and oxygen atoms in total. The molecule has 0 unspecified atom stereocenters. The molecular weight excluding hydrogens is 299 g/mol. The zero-order chi connectivity index (χ0) is 17.2. The molecule has 0 aliphatic carbocycles. The van der Waals surface area contributed by atoms with Crippen molar-refractivity contribution in [2.75, 3.05) is 11.9 Å². The largest absolute Gasteiger partial charge is 0.444 e. The summed E-state index contributed by atoms with van der Waals surface area (Å²) >= 11 is 0. The van der Waals surface area contributed by atoms with Crippen LogP contribution in [0.3, 0.4) is 0 Å². The van der Waals surface area contributed by atoms with Gasteiger partial charge in [-0.25, -0.2) is 9.18 Å². The molecule has 0 bridgehead atoms. The molecule has 2 amide bonds. The molecule has 1 aliphatic heterocycles. The Morgan fingerprint density at radius 2 is 2.04 bits per heavy atom. The number of halogens is 1. The predicted molar refractivity (Wildman–Crippen MR) is 85.7 cm³/mol. The van der Waals surface area contributed by atoms with Crippen molar-refractivity contribution in [1.29, 1.82) is 0 Å².